The van der Waals surface area contributed by atoms with Gasteiger partial charge in [-0.1, -0.05) is 53.9 Å². The van der Waals surface area contributed by atoms with Gasteiger partial charge in [-0.25, -0.2) is 0 Å². The number of hydrogen-bond donors (Lipinski definition) is 1. The lowest BCUT2D eigenvalue weighted by molar-refractivity contribution is 0.317. The van der Waals surface area contributed by atoms with Crippen molar-refractivity contribution in [2.45, 2.75) is 19.9 Å². The molecular formula is C16H16Cl3NO. The number of hydrogen-bond acceptors (Lipinski definition) is 2. The monoisotopic (exact) mass is 343 g/mol. The average Bonchev–Trinajstić information content (AvgIpc) is 2.48. The number of nitrogens with one attached hydrogen (secondary N) is 1. The van der Waals surface area contributed by atoms with Crippen LogP contribution in [0.25, 0.3) is 0 Å². The van der Waals surface area contributed by atoms with Crippen molar-refractivity contribution in [3.05, 3.63) is 57.0 Å². The maximum Gasteiger partial charge on any atom is 0.119 e. The molecule has 2 rings (SSSR count). The Morgan fingerprint density at radius 1 is 1.00 bits per heavy atom. The van der Waals surface area contributed by atoms with Crippen LogP contribution in [-0.2, 0) is 6.54 Å². The molecule has 0 unspecified atom stereocenters. The number of anilines is 1. The topological polar surface area (TPSA) is 21.3 Å². The second kappa shape index (κ2) is 7.79. The first-order chi connectivity index (χ1) is 10.1. The second-order valence-electron chi connectivity index (χ2n) is 4.60. The molecule has 0 saturated carbocycles. The maximum atomic E-state index is 6.14. The van der Waals surface area contributed by atoms with Gasteiger partial charge in [0, 0.05) is 6.54 Å². The van der Waals surface area contributed by atoms with Crippen molar-refractivity contribution in [2.75, 3.05) is 11.9 Å². The molecule has 0 bridgehead atoms. The van der Waals surface area contributed by atoms with Crippen molar-refractivity contribution < 1.29 is 4.74 Å². The minimum absolute atomic E-state index is 0.446. The molecule has 0 atom stereocenters. The number of halogens is 3. The van der Waals surface area contributed by atoms with Gasteiger partial charge < -0.3 is 10.1 Å². The first kappa shape index (κ1) is 16.3. The van der Waals surface area contributed by atoms with E-state index in [0.29, 0.717) is 21.6 Å². The molecule has 0 aliphatic carbocycles. The normalized spacial score (nSPS) is 10.5. The summed E-state index contributed by atoms with van der Waals surface area (Å²) in [5.74, 6) is 0.872. The summed E-state index contributed by atoms with van der Waals surface area (Å²) in [6, 6.07) is 11.3. The molecule has 2 nitrogen and oxygen atoms in total. The molecule has 0 heterocycles. The minimum atomic E-state index is 0.446. The fourth-order valence-electron chi connectivity index (χ4n) is 1.82. The van der Waals surface area contributed by atoms with Gasteiger partial charge in [0.05, 0.1) is 27.4 Å². The Hall–Kier alpha value is -1.09. The van der Waals surface area contributed by atoms with Gasteiger partial charge in [-0.3, -0.25) is 0 Å². The summed E-state index contributed by atoms with van der Waals surface area (Å²) >= 11 is 18.0. The van der Waals surface area contributed by atoms with Crippen molar-refractivity contribution in [1.82, 2.24) is 0 Å². The number of ether oxygens (including phenoxy) is 1. The van der Waals surface area contributed by atoms with E-state index >= 15 is 0 Å². The molecule has 21 heavy (non-hydrogen) atoms. The zero-order valence-corrected chi connectivity index (χ0v) is 13.9. The third-order valence-corrected chi connectivity index (χ3v) is 3.90. The molecule has 0 aliphatic rings. The van der Waals surface area contributed by atoms with Crippen molar-refractivity contribution >= 4 is 40.5 Å². The summed E-state index contributed by atoms with van der Waals surface area (Å²) in [6.07, 6.45) is 0.987. The van der Waals surface area contributed by atoms with Crippen molar-refractivity contribution in [3.8, 4) is 5.75 Å². The predicted molar refractivity (Wildman–Crippen MR) is 91.0 cm³/mol. The first-order valence-corrected chi connectivity index (χ1v) is 7.83. The van der Waals surface area contributed by atoms with Gasteiger partial charge in [0.15, 0.2) is 0 Å². The molecule has 2 aromatic carbocycles. The van der Waals surface area contributed by atoms with Gasteiger partial charge in [0.2, 0.25) is 0 Å². The van der Waals surface area contributed by atoms with E-state index in [1.807, 2.05) is 24.3 Å². The molecular weight excluding hydrogens is 329 g/mol. The highest BCUT2D eigenvalue weighted by Gasteiger charge is 2.06. The van der Waals surface area contributed by atoms with E-state index in [9.17, 15) is 0 Å². The molecule has 0 amide bonds. The molecule has 0 spiro atoms. The third-order valence-electron chi connectivity index (χ3n) is 2.86. The Morgan fingerprint density at radius 3 is 2.52 bits per heavy atom. The van der Waals surface area contributed by atoms with Crippen molar-refractivity contribution in [3.63, 3.8) is 0 Å². The van der Waals surface area contributed by atoms with E-state index in [1.54, 1.807) is 12.1 Å². The van der Waals surface area contributed by atoms with E-state index < -0.39 is 0 Å². The Labute approximate surface area is 140 Å². The van der Waals surface area contributed by atoms with Gasteiger partial charge in [-0.2, -0.15) is 0 Å². The molecule has 2 aromatic rings. The van der Waals surface area contributed by atoms with Crippen LogP contribution in [0.4, 0.5) is 5.69 Å². The predicted octanol–water partition coefficient (Wildman–Crippen LogP) is 6.05. The number of rotatable bonds is 6. The Morgan fingerprint density at radius 2 is 1.76 bits per heavy atom. The highest BCUT2D eigenvalue weighted by molar-refractivity contribution is 6.44. The maximum absolute atomic E-state index is 6.14. The summed E-state index contributed by atoms with van der Waals surface area (Å²) in [4.78, 5) is 0. The molecule has 112 valence electrons. The molecule has 0 fully saturated rings. The molecule has 0 aromatic heterocycles. The zero-order chi connectivity index (χ0) is 15.2. The highest BCUT2D eigenvalue weighted by atomic mass is 35.5. The van der Waals surface area contributed by atoms with Gasteiger partial charge in [-0.15, -0.1) is 0 Å². The van der Waals surface area contributed by atoms with Crippen LogP contribution in [0.15, 0.2) is 36.4 Å². The third kappa shape index (κ3) is 4.70. The average molecular weight is 345 g/mol. The summed E-state index contributed by atoms with van der Waals surface area (Å²) in [6.45, 7) is 3.42. The molecule has 1 N–H and O–H groups in total. The van der Waals surface area contributed by atoms with Crippen LogP contribution < -0.4 is 10.1 Å². The van der Waals surface area contributed by atoms with Crippen LogP contribution in [0.3, 0.4) is 0 Å². The molecule has 0 radical (unpaired) electrons. The molecule has 0 aliphatic heterocycles. The Balaban J connectivity index is 2.04. The smallest absolute Gasteiger partial charge is 0.119 e. The van der Waals surface area contributed by atoms with E-state index in [1.165, 1.54) is 0 Å². The second-order valence-corrected chi connectivity index (χ2v) is 5.82. The lowest BCUT2D eigenvalue weighted by Crippen LogP contribution is -2.01. The van der Waals surface area contributed by atoms with Gasteiger partial charge in [0.1, 0.15) is 5.75 Å². The molecule has 5 heteroatoms. The largest absolute Gasteiger partial charge is 0.494 e. The number of benzene rings is 2. The quantitative estimate of drug-likeness (QED) is 0.644. The van der Waals surface area contributed by atoms with Crippen LogP contribution in [0.2, 0.25) is 15.1 Å². The Bertz CT molecular complexity index is 616. The Kier molecular flexibility index (Phi) is 6.04. The van der Waals surface area contributed by atoms with Crippen molar-refractivity contribution in [2.24, 2.45) is 0 Å². The lowest BCUT2D eigenvalue weighted by Gasteiger charge is -2.11. The summed E-state index contributed by atoms with van der Waals surface area (Å²) in [5.41, 5.74) is 1.86. The van der Waals surface area contributed by atoms with Crippen molar-refractivity contribution in [1.29, 1.82) is 0 Å². The van der Waals surface area contributed by atoms with Crippen LogP contribution in [0.5, 0.6) is 5.75 Å². The van der Waals surface area contributed by atoms with Crippen LogP contribution >= 0.6 is 34.8 Å². The SMILES string of the molecule is CCCOc1cccc(CNc2cc(Cl)c(Cl)cc2Cl)c1. The summed E-state index contributed by atoms with van der Waals surface area (Å²) in [7, 11) is 0. The van der Waals surface area contributed by atoms with Crippen LogP contribution in [0.1, 0.15) is 18.9 Å². The standard InChI is InChI=1S/C16H16Cl3NO/c1-2-6-21-12-5-3-4-11(7-12)10-20-16-9-14(18)13(17)8-15(16)19/h3-5,7-9,20H,2,6,10H2,1H3. The van der Waals surface area contributed by atoms with E-state index in [2.05, 4.69) is 12.2 Å². The fraction of sp³-hybridized carbons (Fsp3) is 0.250. The van der Waals surface area contributed by atoms with Gasteiger partial charge >= 0.3 is 0 Å². The minimum Gasteiger partial charge on any atom is -0.494 e. The van der Waals surface area contributed by atoms with Crippen LogP contribution in [-0.4, -0.2) is 6.61 Å². The van der Waals surface area contributed by atoms with Crippen LogP contribution in [0, 0.1) is 0 Å². The van der Waals surface area contributed by atoms with E-state index in [-0.39, 0.29) is 0 Å². The molecule has 0 saturated heterocycles. The summed E-state index contributed by atoms with van der Waals surface area (Å²) < 4.78 is 5.61. The van der Waals surface area contributed by atoms with Gasteiger partial charge in [0.25, 0.3) is 0 Å². The fourth-order valence-corrected chi connectivity index (χ4v) is 2.43. The zero-order valence-electron chi connectivity index (χ0n) is 11.6. The first-order valence-electron chi connectivity index (χ1n) is 6.70. The highest BCUT2D eigenvalue weighted by Crippen LogP contribution is 2.32. The van der Waals surface area contributed by atoms with Gasteiger partial charge in [-0.05, 0) is 36.2 Å². The van der Waals surface area contributed by atoms with E-state index in [0.717, 1.165) is 30.0 Å². The summed E-state index contributed by atoms with van der Waals surface area (Å²) in [5, 5.41) is 4.72. The van der Waals surface area contributed by atoms with E-state index in [4.69, 9.17) is 39.5 Å². The lowest BCUT2D eigenvalue weighted by atomic mass is 10.2.